The summed E-state index contributed by atoms with van der Waals surface area (Å²) in [4.78, 5) is 17.6. The number of H-pyrrole nitrogens is 1. The van der Waals surface area contributed by atoms with Gasteiger partial charge in [-0.2, -0.15) is 0 Å². The first kappa shape index (κ1) is 14.1. The van der Waals surface area contributed by atoms with E-state index in [1.807, 2.05) is 48.5 Å². The molecule has 0 saturated carbocycles. The van der Waals surface area contributed by atoms with E-state index in [0.717, 1.165) is 27.0 Å². The summed E-state index contributed by atoms with van der Waals surface area (Å²) in [5.41, 5.74) is 2.94. The van der Waals surface area contributed by atoms with E-state index >= 15 is 0 Å². The van der Waals surface area contributed by atoms with Gasteiger partial charge in [0.15, 0.2) is 0 Å². The highest BCUT2D eigenvalue weighted by molar-refractivity contribution is 7.25. The molecule has 0 aliphatic carbocycles. The molecule has 1 aromatic carbocycles. The zero-order valence-corrected chi connectivity index (χ0v) is 13.6. The van der Waals surface area contributed by atoms with Gasteiger partial charge in [0.1, 0.15) is 20.8 Å². The largest absolute Gasteiger partial charge is 0.464 e. The van der Waals surface area contributed by atoms with Crippen LogP contribution in [-0.2, 0) is 0 Å². The predicted molar refractivity (Wildman–Crippen MR) is 96.5 cm³/mol. The smallest absolute Gasteiger partial charge is 0.285 e. The number of aromatic amines is 1. The van der Waals surface area contributed by atoms with Crippen LogP contribution in [0.2, 0.25) is 0 Å². The summed E-state index contributed by atoms with van der Waals surface area (Å²) in [5.74, 6) is 0.700. The molecule has 0 spiro atoms. The Hall–Kier alpha value is -3.32. The summed E-state index contributed by atoms with van der Waals surface area (Å²) >= 11 is 1.31. The molecule has 25 heavy (non-hydrogen) atoms. The van der Waals surface area contributed by atoms with Gasteiger partial charge in [-0.1, -0.05) is 35.5 Å². The quantitative estimate of drug-likeness (QED) is 0.525. The SMILES string of the molecule is O=c1[nH]nnc2c1sc1nc(-c3ccccc3)cc(-c3ccco3)c12. The molecule has 0 aliphatic rings. The Labute approximate surface area is 144 Å². The van der Waals surface area contributed by atoms with E-state index in [9.17, 15) is 4.79 Å². The van der Waals surface area contributed by atoms with E-state index in [0.29, 0.717) is 16.0 Å². The molecular formula is C18H10N4O2S. The third-order valence-corrected chi connectivity index (χ3v) is 5.07. The summed E-state index contributed by atoms with van der Waals surface area (Å²) in [6, 6.07) is 15.6. The number of nitrogens with one attached hydrogen (secondary N) is 1. The maximum atomic E-state index is 12.1. The minimum Gasteiger partial charge on any atom is -0.464 e. The van der Waals surface area contributed by atoms with E-state index < -0.39 is 0 Å². The number of benzene rings is 1. The lowest BCUT2D eigenvalue weighted by molar-refractivity contribution is 0.583. The van der Waals surface area contributed by atoms with E-state index in [4.69, 9.17) is 9.40 Å². The molecule has 0 aliphatic heterocycles. The molecule has 0 saturated heterocycles. The maximum absolute atomic E-state index is 12.1. The van der Waals surface area contributed by atoms with Gasteiger partial charge in [-0.15, -0.1) is 16.4 Å². The third kappa shape index (κ3) is 2.17. The molecule has 120 valence electrons. The van der Waals surface area contributed by atoms with Gasteiger partial charge in [0.2, 0.25) is 0 Å². The number of furan rings is 1. The van der Waals surface area contributed by atoms with Crippen molar-refractivity contribution >= 4 is 31.8 Å². The van der Waals surface area contributed by atoms with Crippen molar-refractivity contribution < 1.29 is 4.42 Å². The zero-order chi connectivity index (χ0) is 16.8. The van der Waals surface area contributed by atoms with Crippen LogP contribution in [0.15, 0.2) is 64.0 Å². The summed E-state index contributed by atoms with van der Waals surface area (Å²) < 4.78 is 6.12. The van der Waals surface area contributed by atoms with Gasteiger partial charge in [0, 0.05) is 11.1 Å². The van der Waals surface area contributed by atoms with Gasteiger partial charge in [-0.05, 0) is 18.2 Å². The second-order valence-electron chi connectivity index (χ2n) is 5.50. The molecule has 0 amide bonds. The van der Waals surface area contributed by atoms with Gasteiger partial charge in [-0.3, -0.25) is 4.79 Å². The molecule has 1 N–H and O–H groups in total. The number of hydrogen-bond donors (Lipinski definition) is 1. The number of fused-ring (bicyclic) bond motifs is 3. The average Bonchev–Trinajstić information content (AvgIpc) is 3.30. The van der Waals surface area contributed by atoms with Crippen LogP contribution < -0.4 is 5.56 Å². The van der Waals surface area contributed by atoms with Crippen LogP contribution in [0.4, 0.5) is 0 Å². The van der Waals surface area contributed by atoms with Gasteiger partial charge in [-0.25, -0.2) is 10.1 Å². The van der Waals surface area contributed by atoms with Crippen molar-refractivity contribution in [3.63, 3.8) is 0 Å². The van der Waals surface area contributed by atoms with Crippen LogP contribution >= 0.6 is 11.3 Å². The molecule has 4 aromatic heterocycles. The summed E-state index contributed by atoms with van der Waals surface area (Å²) in [6.07, 6.45) is 1.62. The lowest BCUT2D eigenvalue weighted by Crippen LogP contribution is -2.07. The highest BCUT2D eigenvalue weighted by Crippen LogP contribution is 2.38. The van der Waals surface area contributed by atoms with Crippen molar-refractivity contribution in [1.82, 2.24) is 20.4 Å². The molecule has 0 radical (unpaired) electrons. The first-order valence-electron chi connectivity index (χ1n) is 7.59. The molecular weight excluding hydrogens is 336 g/mol. The molecule has 4 heterocycles. The molecule has 5 aromatic rings. The molecule has 0 fully saturated rings. The van der Waals surface area contributed by atoms with Crippen LogP contribution in [0.25, 0.3) is 43.0 Å². The highest BCUT2D eigenvalue weighted by Gasteiger charge is 2.19. The number of pyridine rings is 1. The van der Waals surface area contributed by atoms with E-state index in [1.54, 1.807) is 6.26 Å². The Morgan fingerprint density at radius 2 is 1.96 bits per heavy atom. The Bertz CT molecular complexity index is 1260. The molecule has 5 rings (SSSR count). The third-order valence-electron chi connectivity index (χ3n) is 4.00. The second-order valence-corrected chi connectivity index (χ2v) is 6.50. The molecule has 0 unspecified atom stereocenters. The lowest BCUT2D eigenvalue weighted by atomic mass is 10.0. The summed E-state index contributed by atoms with van der Waals surface area (Å²) in [7, 11) is 0. The predicted octanol–water partition coefficient (Wildman–Crippen LogP) is 3.85. The van der Waals surface area contributed by atoms with E-state index in [2.05, 4.69) is 15.4 Å². The first-order valence-corrected chi connectivity index (χ1v) is 8.41. The Morgan fingerprint density at radius 3 is 2.76 bits per heavy atom. The highest BCUT2D eigenvalue weighted by atomic mass is 32.1. The van der Waals surface area contributed by atoms with Gasteiger partial charge < -0.3 is 4.42 Å². The summed E-state index contributed by atoms with van der Waals surface area (Å²) in [6.45, 7) is 0. The Kier molecular flexibility index (Phi) is 3.01. The van der Waals surface area contributed by atoms with Crippen molar-refractivity contribution in [2.75, 3.05) is 0 Å². The van der Waals surface area contributed by atoms with Gasteiger partial charge in [0.05, 0.1) is 17.3 Å². The topological polar surface area (TPSA) is 84.7 Å². The average molecular weight is 346 g/mol. The lowest BCUT2D eigenvalue weighted by Gasteiger charge is -2.05. The number of nitrogens with zero attached hydrogens (tertiary/aromatic N) is 3. The van der Waals surface area contributed by atoms with Crippen LogP contribution in [0, 0.1) is 0 Å². The standard InChI is InChI=1S/C18H10N4O2S/c23-17-16-15(20-22-21-17)14-11(13-7-4-8-24-13)9-12(19-18(14)25-16)10-5-2-1-3-6-10/h1-9H,(H,20,21,23). The Morgan fingerprint density at radius 1 is 1.08 bits per heavy atom. The fraction of sp³-hybridized carbons (Fsp3) is 0. The molecule has 6 nitrogen and oxygen atoms in total. The second kappa shape index (κ2) is 5.35. The first-order chi connectivity index (χ1) is 12.3. The zero-order valence-electron chi connectivity index (χ0n) is 12.8. The van der Waals surface area contributed by atoms with Crippen molar-refractivity contribution in [1.29, 1.82) is 0 Å². The molecule has 0 atom stereocenters. The van der Waals surface area contributed by atoms with Crippen molar-refractivity contribution in [3.05, 3.63) is 65.1 Å². The van der Waals surface area contributed by atoms with Crippen LogP contribution in [-0.4, -0.2) is 20.4 Å². The van der Waals surface area contributed by atoms with Gasteiger partial charge in [0.25, 0.3) is 5.56 Å². The van der Waals surface area contributed by atoms with Crippen molar-refractivity contribution in [2.24, 2.45) is 0 Å². The minimum atomic E-state index is -0.264. The molecule has 7 heteroatoms. The normalized spacial score (nSPS) is 11.4. The maximum Gasteiger partial charge on any atom is 0.285 e. The number of rotatable bonds is 2. The van der Waals surface area contributed by atoms with Crippen molar-refractivity contribution in [2.45, 2.75) is 0 Å². The number of hydrogen-bond acceptors (Lipinski definition) is 6. The van der Waals surface area contributed by atoms with E-state index in [-0.39, 0.29) is 5.56 Å². The summed E-state index contributed by atoms with van der Waals surface area (Å²) in [5, 5.41) is 11.0. The monoisotopic (exact) mass is 346 g/mol. The van der Waals surface area contributed by atoms with E-state index in [1.165, 1.54) is 11.3 Å². The Balaban J connectivity index is 1.94. The van der Waals surface area contributed by atoms with Gasteiger partial charge >= 0.3 is 0 Å². The fourth-order valence-electron chi connectivity index (χ4n) is 2.89. The van der Waals surface area contributed by atoms with Crippen LogP contribution in [0.5, 0.6) is 0 Å². The fourth-order valence-corrected chi connectivity index (χ4v) is 3.91. The van der Waals surface area contributed by atoms with Crippen molar-refractivity contribution in [3.8, 4) is 22.6 Å². The minimum absolute atomic E-state index is 0.264. The number of thiophene rings is 1. The van der Waals surface area contributed by atoms with Crippen LogP contribution in [0.1, 0.15) is 0 Å². The number of aromatic nitrogens is 4. The molecule has 0 bridgehead atoms. The van der Waals surface area contributed by atoms with Crippen LogP contribution in [0.3, 0.4) is 0 Å².